The molecule has 3 nitrogen and oxygen atoms in total. The Balaban J connectivity index is 4.15. The molecule has 3 heteroatoms. The number of hydrogen-bond donors (Lipinski definition) is 2. The Bertz CT molecular complexity index is 197. The highest BCUT2D eigenvalue weighted by atomic mass is 15.1. The van der Waals surface area contributed by atoms with Gasteiger partial charge in [0.2, 0.25) is 0 Å². The van der Waals surface area contributed by atoms with E-state index in [9.17, 15) is 0 Å². The highest BCUT2D eigenvalue weighted by Crippen LogP contribution is 2.20. The highest BCUT2D eigenvalue weighted by molar-refractivity contribution is 5.82. The standard InChI is InChI=1S/C12H27N3/c1-6-8-15(10(2)3)9-7-12(4,5)11(13)14/h10H,6-9H2,1-5H3,(H3,13,14). The molecular weight excluding hydrogens is 186 g/mol. The van der Waals surface area contributed by atoms with E-state index in [1.54, 1.807) is 0 Å². The van der Waals surface area contributed by atoms with Crippen LogP contribution < -0.4 is 5.73 Å². The summed E-state index contributed by atoms with van der Waals surface area (Å²) in [5.41, 5.74) is 5.41. The quantitative estimate of drug-likeness (QED) is 0.504. The summed E-state index contributed by atoms with van der Waals surface area (Å²) in [6.07, 6.45) is 2.14. The Morgan fingerprint density at radius 1 is 1.33 bits per heavy atom. The van der Waals surface area contributed by atoms with Gasteiger partial charge in [0, 0.05) is 11.5 Å². The predicted octanol–water partition coefficient (Wildman–Crippen LogP) is 2.46. The third-order valence-corrected chi connectivity index (χ3v) is 2.99. The van der Waals surface area contributed by atoms with Crippen molar-refractivity contribution in [3.63, 3.8) is 0 Å². The first-order valence-corrected chi connectivity index (χ1v) is 5.89. The molecule has 15 heavy (non-hydrogen) atoms. The number of rotatable bonds is 7. The Kier molecular flexibility index (Phi) is 5.88. The fourth-order valence-electron chi connectivity index (χ4n) is 1.47. The Morgan fingerprint density at radius 3 is 2.20 bits per heavy atom. The van der Waals surface area contributed by atoms with Crippen molar-refractivity contribution >= 4 is 5.84 Å². The van der Waals surface area contributed by atoms with E-state index in [-0.39, 0.29) is 5.41 Å². The van der Waals surface area contributed by atoms with Gasteiger partial charge < -0.3 is 10.6 Å². The van der Waals surface area contributed by atoms with Crippen LogP contribution in [0.5, 0.6) is 0 Å². The first kappa shape index (κ1) is 14.4. The van der Waals surface area contributed by atoms with Crippen LogP contribution in [0, 0.1) is 10.8 Å². The van der Waals surface area contributed by atoms with Gasteiger partial charge in [-0.05, 0) is 39.8 Å². The zero-order chi connectivity index (χ0) is 12.1. The van der Waals surface area contributed by atoms with Gasteiger partial charge in [0.15, 0.2) is 0 Å². The predicted molar refractivity (Wildman–Crippen MR) is 67.3 cm³/mol. The minimum Gasteiger partial charge on any atom is -0.387 e. The smallest absolute Gasteiger partial charge is 0.0963 e. The van der Waals surface area contributed by atoms with Crippen molar-refractivity contribution in [1.82, 2.24) is 4.90 Å². The van der Waals surface area contributed by atoms with Crippen LogP contribution in [0.4, 0.5) is 0 Å². The summed E-state index contributed by atoms with van der Waals surface area (Å²) in [6.45, 7) is 12.9. The second-order valence-electron chi connectivity index (χ2n) is 5.18. The highest BCUT2D eigenvalue weighted by Gasteiger charge is 2.22. The largest absolute Gasteiger partial charge is 0.387 e. The lowest BCUT2D eigenvalue weighted by Gasteiger charge is -2.30. The second kappa shape index (κ2) is 6.11. The number of hydrogen-bond acceptors (Lipinski definition) is 2. The van der Waals surface area contributed by atoms with Crippen molar-refractivity contribution in [1.29, 1.82) is 5.41 Å². The van der Waals surface area contributed by atoms with Crippen LogP contribution >= 0.6 is 0 Å². The molecule has 0 amide bonds. The van der Waals surface area contributed by atoms with Crippen LogP contribution in [0.2, 0.25) is 0 Å². The molecule has 90 valence electrons. The Labute approximate surface area is 94.5 Å². The van der Waals surface area contributed by atoms with Crippen molar-refractivity contribution < 1.29 is 0 Å². The van der Waals surface area contributed by atoms with Gasteiger partial charge in [0.1, 0.15) is 0 Å². The molecule has 0 bridgehead atoms. The number of nitrogens with one attached hydrogen (secondary N) is 1. The maximum Gasteiger partial charge on any atom is 0.0963 e. The lowest BCUT2D eigenvalue weighted by atomic mass is 9.88. The van der Waals surface area contributed by atoms with E-state index in [1.165, 1.54) is 6.42 Å². The molecule has 0 aromatic rings. The first-order valence-electron chi connectivity index (χ1n) is 5.89. The molecule has 0 fully saturated rings. The first-order chi connectivity index (χ1) is 6.81. The van der Waals surface area contributed by atoms with Crippen LogP contribution in [0.3, 0.4) is 0 Å². The summed E-state index contributed by atoms with van der Waals surface area (Å²) < 4.78 is 0. The zero-order valence-corrected chi connectivity index (χ0v) is 10.9. The van der Waals surface area contributed by atoms with Gasteiger partial charge in [-0.2, -0.15) is 0 Å². The summed E-state index contributed by atoms with van der Waals surface area (Å²) in [5.74, 6) is 0.294. The van der Waals surface area contributed by atoms with E-state index in [0.717, 1.165) is 19.5 Å². The molecule has 0 aromatic carbocycles. The van der Waals surface area contributed by atoms with E-state index in [0.29, 0.717) is 11.9 Å². The topological polar surface area (TPSA) is 53.1 Å². The number of nitrogens with zero attached hydrogens (tertiary/aromatic N) is 1. The molecule has 0 aliphatic heterocycles. The van der Waals surface area contributed by atoms with Gasteiger partial charge in [-0.1, -0.05) is 20.8 Å². The van der Waals surface area contributed by atoms with Crippen LogP contribution in [-0.2, 0) is 0 Å². The molecule has 0 heterocycles. The van der Waals surface area contributed by atoms with Gasteiger partial charge in [0.05, 0.1) is 5.84 Å². The third-order valence-electron chi connectivity index (χ3n) is 2.99. The normalized spacial score (nSPS) is 12.5. The minimum absolute atomic E-state index is 0.166. The molecule has 0 rings (SSSR count). The van der Waals surface area contributed by atoms with Gasteiger partial charge in [0.25, 0.3) is 0 Å². The Hall–Kier alpha value is -0.570. The van der Waals surface area contributed by atoms with Gasteiger partial charge >= 0.3 is 0 Å². The SMILES string of the molecule is CCCN(CCC(C)(C)C(=N)N)C(C)C. The minimum atomic E-state index is -0.166. The van der Waals surface area contributed by atoms with Crippen molar-refractivity contribution in [2.75, 3.05) is 13.1 Å². The van der Waals surface area contributed by atoms with Gasteiger partial charge in [-0.3, -0.25) is 5.41 Å². The van der Waals surface area contributed by atoms with E-state index in [4.69, 9.17) is 11.1 Å². The number of amidine groups is 1. The van der Waals surface area contributed by atoms with Crippen LogP contribution in [0.1, 0.15) is 47.5 Å². The van der Waals surface area contributed by atoms with Crippen molar-refractivity contribution in [3.8, 4) is 0 Å². The molecule has 0 atom stereocenters. The van der Waals surface area contributed by atoms with Gasteiger partial charge in [-0.25, -0.2) is 0 Å². The summed E-state index contributed by atoms with van der Waals surface area (Å²) in [4.78, 5) is 2.45. The maximum absolute atomic E-state index is 7.51. The van der Waals surface area contributed by atoms with Crippen molar-refractivity contribution in [2.45, 2.75) is 53.5 Å². The molecule has 0 saturated heterocycles. The van der Waals surface area contributed by atoms with E-state index in [1.807, 2.05) is 13.8 Å². The molecule has 0 aromatic heterocycles. The van der Waals surface area contributed by atoms with Crippen molar-refractivity contribution in [3.05, 3.63) is 0 Å². The summed E-state index contributed by atoms with van der Waals surface area (Å²) in [6, 6.07) is 0.577. The van der Waals surface area contributed by atoms with Crippen LogP contribution in [0.25, 0.3) is 0 Å². The summed E-state index contributed by atoms with van der Waals surface area (Å²) >= 11 is 0. The zero-order valence-electron chi connectivity index (χ0n) is 10.9. The molecular formula is C12H27N3. The summed E-state index contributed by atoms with van der Waals surface area (Å²) in [5, 5.41) is 7.51. The molecule has 3 N–H and O–H groups in total. The molecule has 0 spiro atoms. The molecule has 0 unspecified atom stereocenters. The lowest BCUT2D eigenvalue weighted by molar-refractivity contribution is 0.201. The van der Waals surface area contributed by atoms with Crippen LogP contribution in [0.15, 0.2) is 0 Å². The van der Waals surface area contributed by atoms with Crippen LogP contribution in [-0.4, -0.2) is 29.9 Å². The van der Waals surface area contributed by atoms with E-state index < -0.39 is 0 Å². The summed E-state index contributed by atoms with van der Waals surface area (Å²) in [7, 11) is 0. The average molecular weight is 213 g/mol. The molecule has 0 radical (unpaired) electrons. The average Bonchev–Trinajstić information content (AvgIpc) is 2.11. The van der Waals surface area contributed by atoms with Crippen molar-refractivity contribution in [2.24, 2.45) is 11.1 Å². The van der Waals surface area contributed by atoms with E-state index in [2.05, 4.69) is 25.7 Å². The molecule has 0 aliphatic rings. The fourth-order valence-corrected chi connectivity index (χ4v) is 1.47. The maximum atomic E-state index is 7.51. The monoisotopic (exact) mass is 213 g/mol. The molecule has 0 saturated carbocycles. The molecule has 0 aliphatic carbocycles. The second-order valence-corrected chi connectivity index (χ2v) is 5.18. The van der Waals surface area contributed by atoms with E-state index >= 15 is 0 Å². The fraction of sp³-hybridized carbons (Fsp3) is 0.917. The number of nitrogens with two attached hydrogens (primary N) is 1. The van der Waals surface area contributed by atoms with Gasteiger partial charge in [-0.15, -0.1) is 0 Å². The third kappa shape index (κ3) is 5.17. The lowest BCUT2D eigenvalue weighted by Crippen LogP contribution is -2.38. The Morgan fingerprint density at radius 2 is 1.87 bits per heavy atom.